The normalized spacial score (nSPS) is 15.6. The number of hydrogen-bond acceptors (Lipinski definition) is 2. The fraction of sp³-hybridized carbons (Fsp3) is 0.333. The van der Waals surface area contributed by atoms with Crippen LogP contribution in [-0.2, 0) is 9.59 Å². The largest absolute Gasteiger partial charge is 0.478 e. The molecule has 5 heteroatoms. The summed E-state index contributed by atoms with van der Waals surface area (Å²) in [5.74, 6) is 0.427. The van der Waals surface area contributed by atoms with Gasteiger partial charge in [-0.15, -0.1) is 0 Å². The Hall–Kier alpha value is -3.89. The number of carboxylic acids is 1. The lowest BCUT2D eigenvalue weighted by Crippen LogP contribution is -2.09. The van der Waals surface area contributed by atoms with Crippen molar-refractivity contribution in [2.75, 3.05) is 5.32 Å². The molecular formula is C39H46ClNO3. The molecule has 5 rings (SSSR count). The van der Waals surface area contributed by atoms with E-state index >= 15 is 0 Å². The standard InChI is InChI=1S/C33H30ClNO3.C5H12.CH4/c1-20(10-12-21(2)33(37)38)11-17-27-29-18-28(30(34)19-31(29)35-32(27)36)24-15-13-23(14-16-24)26-9-4-3-8-25(26)22-6-5-7-22;1-4-5(2)3;/h3-4,8-10,12-19,22H,5-7,11H2,1-2H3,(H,35,36)(H,37,38);5H,4H2,1-3H3;1H4/b20-10+,21-12+,27-17-;;. The van der Waals surface area contributed by atoms with Crippen molar-refractivity contribution in [2.24, 2.45) is 5.92 Å². The first kappa shape index (κ1) is 34.6. The molecule has 0 unspecified atom stereocenters. The molecule has 0 saturated heterocycles. The number of carbonyl (C=O) groups is 2. The summed E-state index contributed by atoms with van der Waals surface area (Å²) in [4.78, 5) is 23.8. The van der Waals surface area contributed by atoms with E-state index in [1.54, 1.807) is 19.1 Å². The first-order chi connectivity index (χ1) is 20.6. The van der Waals surface area contributed by atoms with Crippen molar-refractivity contribution in [1.29, 1.82) is 0 Å². The van der Waals surface area contributed by atoms with Gasteiger partial charge in [0.25, 0.3) is 5.91 Å². The van der Waals surface area contributed by atoms with Crippen LogP contribution in [0.2, 0.25) is 5.02 Å². The number of hydrogen-bond donors (Lipinski definition) is 2. The Morgan fingerprint density at radius 1 is 0.977 bits per heavy atom. The van der Waals surface area contributed by atoms with Crippen molar-refractivity contribution in [3.63, 3.8) is 0 Å². The van der Waals surface area contributed by atoms with E-state index in [9.17, 15) is 9.59 Å². The zero-order valence-electron chi connectivity index (χ0n) is 25.8. The molecule has 1 heterocycles. The van der Waals surface area contributed by atoms with Gasteiger partial charge in [-0.3, -0.25) is 4.79 Å². The van der Waals surface area contributed by atoms with E-state index in [2.05, 4.69) is 74.6 Å². The molecule has 0 aromatic heterocycles. The summed E-state index contributed by atoms with van der Waals surface area (Å²) in [6.45, 7) is 10.1. The van der Waals surface area contributed by atoms with Crippen LogP contribution in [0, 0.1) is 5.92 Å². The monoisotopic (exact) mass is 611 g/mol. The summed E-state index contributed by atoms with van der Waals surface area (Å²) in [6, 6.07) is 21.0. The second kappa shape index (κ2) is 15.7. The SMILES string of the molecule is C.C/C(=C\C=C(/C)C(=O)O)C/C=C1\C(=O)Nc2cc(Cl)c(-c3ccc(-c4ccccc4C4CCC4)cc3)cc21.CCC(C)C. The third kappa shape index (κ3) is 8.39. The van der Waals surface area contributed by atoms with E-state index in [-0.39, 0.29) is 18.9 Å². The van der Waals surface area contributed by atoms with Gasteiger partial charge >= 0.3 is 5.97 Å². The Labute approximate surface area is 268 Å². The Bertz CT molecular complexity index is 1570. The molecule has 3 aromatic carbocycles. The number of anilines is 1. The highest BCUT2D eigenvalue weighted by atomic mass is 35.5. The Morgan fingerprint density at radius 3 is 2.16 bits per heavy atom. The van der Waals surface area contributed by atoms with Gasteiger partial charge in [-0.05, 0) is 79.3 Å². The maximum absolute atomic E-state index is 12.7. The quantitative estimate of drug-likeness (QED) is 0.197. The number of halogens is 1. The molecule has 0 spiro atoms. The molecule has 2 N–H and O–H groups in total. The van der Waals surface area contributed by atoms with Crippen molar-refractivity contribution >= 4 is 34.7 Å². The second-order valence-corrected chi connectivity index (χ2v) is 12.3. The van der Waals surface area contributed by atoms with Crippen molar-refractivity contribution in [1.82, 2.24) is 0 Å². The number of fused-ring (bicyclic) bond motifs is 1. The average molecular weight is 612 g/mol. The Morgan fingerprint density at radius 2 is 1.59 bits per heavy atom. The van der Waals surface area contributed by atoms with E-state index < -0.39 is 5.97 Å². The smallest absolute Gasteiger partial charge is 0.331 e. The highest BCUT2D eigenvalue weighted by Crippen LogP contribution is 2.43. The highest BCUT2D eigenvalue weighted by molar-refractivity contribution is 6.36. The van der Waals surface area contributed by atoms with Crippen molar-refractivity contribution in [3.05, 3.63) is 106 Å². The number of benzene rings is 3. The van der Waals surface area contributed by atoms with Gasteiger partial charge in [-0.25, -0.2) is 4.79 Å². The van der Waals surface area contributed by atoms with Crippen LogP contribution in [0.1, 0.15) is 91.2 Å². The molecule has 232 valence electrons. The molecular weight excluding hydrogens is 566 g/mol. The number of carboxylic acid groups (broad SMARTS) is 1. The lowest BCUT2D eigenvalue weighted by Gasteiger charge is -2.28. The van der Waals surface area contributed by atoms with Gasteiger partial charge in [-0.1, -0.05) is 125 Å². The maximum Gasteiger partial charge on any atom is 0.331 e. The molecule has 1 aliphatic carbocycles. The van der Waals surface area contributed by atoms with Crippen LogP contribution in [0.5, 0.6) is 0 Å². The Kier molecular flexibility index (Phi) is 12.4. The molecule has 0 bridgehead atoms. The summed E-state index contributed by atoms with van der Waals surface area (Å²) in [5, 5.41) is 12.5. The number of amides is 1. The molecule has 0 radical (unpaired) electrons. The van der Waals surface area contributed by atoms with Gasteiger partial charge < -0.3 is 10.4 Å². The minimum Gasteiger partial charge on any atom is -0.478 e. The number of nitrogens with one attached hydrogen (secondary N) is 1. The van der Waals surface area contributed by atoms with Crippen LogP contribution in [0.25, 0.3) is 27.8 Å². The topological polar surface area (TPSA) is 66.4 Å². The molecule has 0 atom stereocenters. The molecule has 1 saturated carbocycles. The number of carbonyl (C=O) groups excluding carboxylic acids is 1. The summed E-state index contributed by atoms with van der Waals surface area (Å²) in [6.07, 6.45) is 10.9. The van der Waals surface area contributed by atoms with Gasteiger partial charge in [-0.2, -0.15) is 0 Å². The Balaban J connectivity index is 0.000000817. The molecule has 44 heavy (non-hydrogen) atoms. The number of allylic oxidation sites excluding steroid dienone is 4. The first-order valence-corrected chi connectivity index (χ1v) is 15.6. The predicted octanol–water partition coefficient (Wildman–Crippen LogP) is 11.3. The summed E-state index contributed by atoms with van der Waals surface area (Å²) >= 11 is 6.68. The van der Waals surface area contributed by atoms with Crippen molar-refractivity contribution in [2.45, 2.75) is 80.1 Å². The van der Waals surface area contributed by atoms with E-state index in [4.69, 9.17) is 16.7 Å². The van der Waals surface area contributed by atoms with Gasteiger partial charge in [0.15, 0.2) is 0 Å². The van der Waals surface area contributed by atoms with Crippen molar-refractivity contribution in [3.8, 4) is 22.3 Å². The van der Waals surface area contributed by atoms with Crippen LogP contribution in [0.15, 0.2) is 90.0 Å². The van der Waals surface area contributed by atoms with Crippen LogP contribution in [0.3, 0.4) is 0 Å². The average Bonchev–Trinajstić information content (AvgIpc) is 3.27. The van der Waals surface area contributed by atoms with E-state index in [0.717, 1.165) is 28.2 Å². The second-order valence-electron chi connectivity index (χ2n) is 11.9. The fourth-order valence-corrected chi connectivity index (χ4v) is 5.24. The summed E-state index contributed by atoms with van der Waals surface area (Å²) < 4.78 is 0. The summed E-state index contributed by atoms with van der Waals surface area (Å²) in [5.41, 5.74) is 9.11. The molecule has 2 aliphatic rings. The molecule has 4 nitrogen and oxygen atoms in total. The van der Waals surface area contributed by atoms with Crippen LogP contribution in [-0.4, -0.2) is 17.0 Å². The lowest BCUT2D eigenvalue weighted by atomic mass is 9.77. The zero-order chi connectivity index (χ0) is 31.1. The van der Waals surface area contributed by atoms with E-state index in [0.29, 0.717) is 28.6 Å². The molecule has 1 fully saturated rings. The molecule has 3 aromatic rings. The minimum absolute atomic E-state index is 0. The minimum atomic E-state index is -0.948. The third-order valence-corrected chi connectivity index (χ3v) is 8.62. The van der Waals surface area contributed by atoms with Gasteiger partial charge in [0, 0.05) is 22.3 Å². The zero-order valence-corrected chi connectivity index (χ0v) is 26.6. The highest BCUT2D eigenvalue weighted by Gasteiger charge is 2.26. The van der Waals surface area contributed by atoms with Crippen LogP contribution in [0.4, 0.5) is 5.69 Å². The maximum atomic E-state index is 12.7. The van der Waals surface area contributed by atoms with Crippen LogP contribution < -0.4 is 5.32 Å². The van der Waals surface area contributed by atoms with Gasteiger partial charge in [0.2, 0.25) is 0 Å². The van der Waals surface area contributed by atoms with Crippen LogP contribution >= 0.6 is 11.6 Å². The molecule has 1 amide bonds. The van der Waals surface area contributed by atoms with E-state index in [1.807, 2.05) is 25.1 Å². The van der Waals surface area contributed by atoms with Gasteiger partial charge in [0.1, 0.15) is 0 Å². The summed E-state index contributed by atoms with van der Waals surface area (Å²) in [7, 11) is 0. The van der Waals surface area contributed by atoms with E-state index in [1.165, 1.54) is 42.4 Å². The lowest BCUT2D eigenvalue weighted by molar-refractivity contribution is -0.132. The fourth-order valence-electron chi connectivity index (χ4n) is 4.97. The number of rotatable bonds is 8. The first-order valence-electron chi connectivity index (χ1n) is 15.2. The van der Waals surface area contributed by atoms with Gasteiger partial charge in [0.05, 0.1) is 10.7 Å². The predicted molar refractivity (Wildman–Crippen MR) is 187 cm³/mol. The molecule has 1 aliphatic heterocycles. The third-order valence-electron chi connectivity index (χ3n) is 8.30. The number of aliphatic carboxylic acids is 1. The van der Waals surface area contributed by atoms with Crippen molar-refractivity contribution < 1.29 is 14.7 Å².